The zero-order valence-corrected chi connectivity index (χ0v) is 15.5. The average molecular weight is 364 g/mol. The monoisotopic (exact) mass is 364 g/mol. The number of hydrogen-bond acceptors (Lipinski definition) is 4. The van der Waals surface area contributed by atoms with Crippen LogP contribution in [0.15, 0.2) is 11.4 Å². The fourth-order valence-corrected chi connectivity index (χ4v) is 4.54. The first-order valence-electron chi connectivity index (χ1n) is 8.68. The van der Waals surface area contributed by atoms with Crippen molar-refractivity contribution in [3.05, 3.63) is 21.9 Å². The van der Waals surface area contributed by atoms with E-state index in [1.165, 1.54) is 4.90 Å². The van der Waals surface area contributed by atoms with E-state index in [0.717, 1.165) is 29.7 Å². The first-order valence-corrected chi connectivity index (χ1v) is 9.56. The number of carboxylic acid groups (broad SMARTS) is 1. The van der Waals surface area contributed by atoms with Crippen molar-refractivity contribution in [3.8, 4) is 0 Å². The number of hydrogen-bond donors (Lipinski definition) is 1. The Morgan fingerprint density at radius 1 is 1.28 bits per heavy atom. The minimum Gasteiger partial charge on any atom is -0.480 e. The predicted molar refractivity (Wildman–Crippen MR) is 94.7 cm³/mol. The summed E-state index contributed by atoms with van der Waals surface area (Å²) in [5.74, 6) is -0.972. The maximum atomic E-state index is 12.6. The van der Waals surface area contributed by atoms with E-state index in [1.807, 2.05) is 23.3 Å². The molecule has 136 valence electrons. The molecular formula is C18H24N2O4S. The van der Waals surface area contributed by atoms with E-state index in [4.69, 9.17) is 0 Å². The second-order valence-corrected chi connectivity index (χ2v) is 8.39. The van der Waals surface area contributed by atoms with Gasteiger partial charge in [-0.25, -0.2) is 4.79 Å². The van der Waals surface area contributed by atoms with Gasteiger partial charge in [0.15, 0.2) is 0 Å². The number of carboxylic acids is 1. The van der Waals surface area contributed by atoms with Crippen molar-refractivity contribution >= 4 is 29.1 Å². The van der Waals surface area contributed by atoms with E-state index in [1.54, 1.807) is 18.3 Å². The largest absolute Gasteiger partial charge is 0.480 e. The van der Waals surface area contributed by atoms with Gasteiger partial charge >= 0.3 is 5.97 Å². The molecule has 1 unspecified atom stereocenters. The highest BCUT2D eigenvalue weighted by atomic mass is 32.1. The average Bonchev–Trinajstić information content (AvgIpc) is 3.03. The number of aliphatic carboxylic acids is 1. The van der Waals surface area contributed by atoms with E-state index in [2.05, 4.69) is 0 Å². The van der Waals surface area contributed by atoms with Gasteiger partial charge in [0.2, 0.25) is 5.91 Å². The van der Waals surface area contributed by atoms with Crippen LogP contribution in [0, 0.1) is 12.3 Å². The van der Waals surface area contributed by atoms with Gasteiger partial charge in [0, 0.05) is 36.3 Å². The highest BCUT2D eigenvalue weighted by Crippen LogP contribution is 2.41. The molecule has 0 saturated carbocycles. The third kappa shape index (κ3) is 3.56. The molecule has 2 saturated heterocycles. The number of thiophene rings is 1. The lowest BCUT2D eigenvalue weighted by Gasteiger charge is -2.48. The molecule has 3 rings (SSSR count). The number of amides is 2. The molecule has 1 aromatic heterocycles. The standard InChI is InChI=1S/C18H24N2O4S/c1-12-9-14(10-25-12)16(22)19-7-5-18(6-8-19)4-3-15(21)20(11-18)13(2)17(23)24/h9-10,13H,3-8,11H2,1-2H3,(H,23,24). The van der Waals surface area contributed by atoms with Crippen molar-refractivity contribution in [3.63, 3.8) is 0 Å². The van der Waals surface area contributed by atoms with E-state index >= 15 is 0 Å². The maximum absolute atomic E-state index is 12.6. The van der Waals surface area contributed by atoms with Gasteiger partial charge in [-0.15, -0.1) is 11.3 Å². The number of carbonyl (C=O) groups is 3. The van der Waals surface area contributed by atoms with Crippen LogP contribution in [0.25, 0.3) is 0 Å². The summed E-state index contributed by atoms with van der Waals surface area (Å²) in [6.45, 7) is 5.37. The van der Waals surface area contributed by atoms with Crippen LogP contribution in [-0.4, -0.2) is 58.4 Å². The molecule has 1 atom stereocenters. The molecule has 1 spiro atoms. The molecule has 25 heavy (non-hydrogen) atoms. The van der Waals surface area contributed by atoms with Crippen LogP contribution in [0.5, 0.6) is 0 Å². The topological polar surface area (TPSA) is 77.9 Å². The lowest BCUT2D eigenvalue weighted by Crippen LogP contribution is -2.55. The molecule has 0 aliphatic carbocycles. The molecule has 1 aromatic rings. The van der Waals surface area contributed by atoms with E-state index in [0.29, 0.717) is 26.1 Å². The molecule has 1 N–H and O–H groups in total. The molecule has 2 aliphatic rings. The van der Waals surface area contributed by atoms with Gasteiger partial charge in [0.1, 0.15) is 6.04 Å². The molecule has 2 fully saturated rings. The summed E-state index contributed by atoms with van der Waals surface area (Å²) in [5.41, 5.74) is 0.692. The lowest BCUT2D eigenvalue weighted by atomic mass is 9.72. The second kappa shape index (κ2) is 6.78. The number of rotatable bonds is 3. The zero-order chi connectivity index (χ0) is 18.2. The van der Waals surface area contributed by atoms with Gasteiger partial charge in [0.05, 0.1) is 5.56 Å². The van der Waals surface area contributed by atoms with Crippen LogP contribution in [0.2, 0.25) is 0 Å². The Balaban J connectivity index is 1.65. The zero-order valence-electron chi connectivity index (χ0n) is 14.7. The second-order valence-electron chi connectivity index (χ2n) is 7.27. The van der Waals surface area contributed by atoms with Crippen LogP contribution in [0.1, 0.15) is 47.8 Å². The summed E-state index contributed by atoms with van der Waals surface area (Å²) in [7, 11) is 0. The summed E-state index contributed by atoms with van der Waals surface area (Å²) in [6.07, 6.45) is 2.82. The number of nitrogens with zero attached hydrogens (tertiary/aromatic N) is 2. The predicted octanol–water partition coefficient (Wildman–Crippen LogP) is 2.37. The van der Waals surface area contributed by atoms with Crippen molar-refractivity contribution < 1.29 is 19.5 Å². The van der Waals surface area contributed by atoms with Gasteiger partial charge in [-0.05, 0) is 44.6 Å². The van der Waals surface area contributed by atoms with E-state index in [9.17, 15) is 19.5 Å². The molecule has 3 heterocycles. The van der Waals surface area contributed by atoms with E-state index < -0.39 is 12.0 Å². The Labute approximate surface area is 151 Å². The van der Waals surface area contributed by atoms with Crippen LogP contribution < -0.4 is 0 Å². The van der Waals surface area contributed by atoms with Crippen LogP contribution in [0.3, 0.4) is 0 Å². The van der Waals surface area contributed by atoms with Crippen molar-refractivity contribution in [2.24, 2.45) is 5.41 Å². The summed E-state index contributed by atoms with van der Waals surface area (Å²) in [4.78, 5) is 40.5. The molecule has 0 aromatic carbocycles. The Kier molecular flexibility index (Phi) is 4.86. The minimum absolute atomic E-state index is 0.0566. The summed E-state index contributed by atoms with van der Waals surface area (Å²) in [6, 6.07) is 1.13. The first kappa shape index (κ1) is 17.9. The molecular weight excluding hydrogens is 340 g/mol. The third-order valence-corrected chi connectivity index (χ3v) is 6.47. The number of piperidine rings is 2. The minimum atomic E-state index is -0.967. The molecule has 2 aliphatic heterocycles. The van der Waals surface area contributed by atoms with Crippen molar-refractivity contribution in [2.45, 2.75) is 45.6 Å². The first-order chi connectivity index (χ1) is 11.8. The maximum Gasteiger partial charge on any atom is 0.326 e. The van der Waals surface area contributed by atoms with Crippen molar-refractivity contribution in [2.75, 3.05) is 19.6 Å². The van der Waals surface area contributed by atoms with Crippen molar-refractivity contribution in [1.82, 2.24) is 9.80 Å². The van der Waals surface area contributed by atoms with Gasteiger partial charge in [-0.2, -0.15) is 0 Å². The molecule has 7 heteroatoms. The van der Waals surface area contributed by atoms with Crippen LogP contribution in [0.4, 0.5) is 0 Å². The molecule has 6 nitrogen and oxygen atoms in total. The van der Waals surface area contributed by atoms with Gasteiger partial charge in [0.25, 0.3) is 5.91 Å². The lowest BCUT2D eigenvalue weighted by molar-refractivity contribution is -0.154. The third-order valence-electron chi connectivity index (χ3n) is 5.61. The summed E-state index contributed by atoms with van der Waals surface area (Å²) in [5, 5.41) is 11.1. The normalized spacial score (nSPS) is 21.4. The Hall–Kier alpha value is -1.89. The van der Waals surface area contributed by atoms with Gasteiger partial charge in [-0.1, -0.05) is 0 Å². The molecule has 0 radical (unpaired) electrons. The summed E-state index contributed by atoms with van der Waals surface area (Å²) < 4.78 is 0. The SMILES string of the molecule is Cc1cc(C(=O)N2CCC3(CCC(=O)N(C(C)C(=O)O)C3)CC2)cs1. The smallest absolute Gasteiger partial charge is 0.326 e. The highest BCUT2D eigenvalue weighted by Gasteiger charge is 2.43. The van der Waals surface area contributed by atoms with Gasteiger partial charge < -0.3 is 14.9 Å². The summed E-state index contributed by atoms with van der Waals surface area (Å²) >= 11 is 1.58. The Morgan fingerprint density at radius 2 is 1.96 bits per heavy atom. The molecule has 0 bridgehead atoms. The number of aryl methyl sites for hydroxylation is 1. The fourth-order valence-electron chi connectivity index (χ4n) is 3.86. The fraction of sp³-hybridized carbons (Fsp3) is 0.611. The Morgan fingerprint density at radius 3 is 2.52 bits per heavy atom. The Bertz CT molecular complexity index is 691. The van der Waals surface area contributed by atoms with Crippen molar-refractivity contribution in [1.29, 1.82) is 0 Å². The van der Waals surface area contributed by atoms with E-state index in [-0.39, 0.29) is 17.2 Å². The number of likely N-dealkylation sites (tertiary alicyclic amines) is 2. The number of carbonyl (C=O) groups excluding carboxylic acids is 2. The molecule has 2 amide bonds. The van der Waals surface area contributed by atoms with Crippen LogP contribution in [-0.2, 0) is 9.59 Å². The quantitative estimate of drug-likeness (QED) is 0.893. The van der Waals surface area contributed by atoms with Gasteiger partial charge in [-0.3, -0.25) is 9.59 Å². The highest BCUT2D eigenvalue weighted by molar-refractivity contribution is 7.10. The van der Waals surface area contributed by atoms with Crippen LogP contribution >= 0.6 is 11.3 Å².